The van der Waals surface area contributed by atoms with Gasteiger partial charge < -0.3 is 25.2 Å². The third-order valence-corrected chi connectivity index (χ3v) is 4.90. The van der Waals surface area contributed by atoms with Gasteiger partial charge in [-0.2, -0.15) is 0 Å². The lowest BCUT2D eigenvalue weighted by molar-refractivity contribution is 0.00700. The second-order valence-electron chi connectivity index (χ2n) is 8.46. The molecule has 26 heavy (non-hydrogen) atoms. The van der Waals surface area contributed by atoms with Crippen molar-refractivity contribution in [3.63, 3.8) is 0 Å². The Bertz CT molecular complexity index is 475. The highest BCUT2D eigenvalue weighted by Gasteiger charge is 2.34. The van der Waals surface area contributed by atoms with Crippen molar-refractivity contribution in [1.29, 1.82) is 0 Å². The molecular formula is C19H37N5O2. The van der Waals surface area contributed by atoms with Crippen LogP contribution in [0.2, 0.25) is 0 Å². The van der Waals surface area contributed by atoms with E-state index < -0.39 is 5.60 Å². The number of piperidine rings is 1. The predicted molar refractivity (Wildman–Crippen MR) is 106 cm³/mol. The number of rotatable bonds is 5. The van der Waals surface area contributed by atoms with Crippen LogP contribution in [0.1, 0.15) is 47.0 Å². The summed E-state index contributed by atoms with van der Waals surface area (Å²) >= 11 is 0. The van der Waals surface area contributed by atoms with Gasteiger partial charge in [0.15, 0.2) is 5.96 Å². The van der Waals surface area contributed by atoms with E-state index in [-0.39, 0.29) is 12.1 Å². The Morgan fingerprint density at radius 1 is 1.23 bits per heavy atom. The third-order valence-electron chi connectivity index (χ3n) is 4.90. The van der Waals surface area contributed by atoms with Gasteiger partial charge in [0, 0.05) is 26.7 Å². The minimum absolute atomic E-state index is 0.236. The van der Waals surface area contributed by atoms with E-state index >= 15 is 0 Å². The summed E-state index contributed by atoms with van der Waals surface area (Å²) in [7, 11) is 1.80. The molecule has 1 amide bonds. The Morgan fingerprint density at radius 3 is 2.42 bits per heavy atom. The summed E-state index contributed by atoms with van der Waals surface area (Å²) in [4.78, 5) is 20.6. The summed E-state index contributed by atoms with van der Waals surface area (Å²) < 4.78 is 5.38. The molecule has 0 aliphatic carbocycles. The Morgan fingerprint density at radius 2 is 1.88 bits per heavy atom. The first kappa shape index (κ1) is 20.8. The fourth-order valence-electron chi connectivity index (χ4n) is 3.40. The van der Waals surface area contributed by atoms with E-state index in [1.807, 2.05) is 20.8 Å². The van der Waals surface area contributed by atoms with Gasteiger partial charge in [0.2, 0.25) is 0 Å². The quantitative estimate of drug-likeness (QED) is 0.574. The van der Waals surface area contributed by atoms with E-state index in [1.165, 1.54) is 38.9 Å². The average Bonchev–Trinajstić information content (AvgIpc) is 2.53. The number of aliphatic imine (C=N–C) groups is 1. The smallest absolute Gasteiger partial charge is 0.410 e. The number of guanidine groups is 1. The maximum Gasteiger partial charge on any atom is 0.410 e. The van der Waals surface area contributed by atoms with Crippen molar-refractivity contribution in [2.75, 3.05) is 46.3 Å². The molecule has 2 fully saturated rings. The number of likely N-dealkylation sites (tertiary alicyclic amines) is 2. The number of hydrogen-bond acceptors (Lipinski definition) is 4. The summed E-state index contributed by atoms with van der Waals surface area (Å²) in [6.45, 7) is 13.8. The SMILES string of the molecule is CCCN1CCC(CNC(=NC)NC2CN(C(=O)OC(C)(C)C)C2)CC1. The van der Waals surface area contributed by atoms with Crippen LogP contribution in [-0.2, 0) is 4.74 Å². The number of carbonyl (C=O) groups is 1. The molecule has 0 aromatic heterocycles. The van der Waals surface area contributed by atoms with Gasteiger partial charge in [0.25, 0.3) is 0 Å². The number of carbonyl (C=O) groups excluding carboxylic acids is 1. The largest absolute Gasteiger partial charge is 0.444 e. The summed E-state index contributed by atoms with van der Waals surface area (Å²) in [5.41, 5.74) is -0.445. The highest BCUT2D eigenvalue weighted by Crippen LogP contribution is 2.17. The molecule has 2 N–H and O–H groups in total. The Balaban J connectivity index is 1.63. The first-order valence-electron chi connectivity index (χ1n) is 9.98. The number of hydrogen-bond donors (Lipinski definition) is 2. The Labute approximate surface area is 158 Å². The van der Waals surface area contributed by atoms with E-state index in [2.05, 4.69) is 27.4 Å². The maximum absolute atomic E-state index is 12.0. The summed E-state index contributed by atoms with van der Waals surface area (Å²) in [5.74, 6) is 1.54. The van der Waals surface area contributed by atoms with Gasteiger partial charge in [-0.15, -0.1) is 0 Å². The van der Waals surface area contributed by atoms with Crippen molar-refractivity contribution >= 4 is 12.1 Å². The molecular weight excluding hydrogens is 330 g/mol. The van der Waals surface area contributed by atoms with Crippen LogP contribution < -0.4 is 10.6 Å². The van der Waals surface area contributed by atoms with Gasteiger partial charge in [0.1, 0.15) is 5.60 Å². The van der Waals surface area contributed by atoms with E-state index in [1.54, 1.807) is 11.9 Å². The standard InChI is InChI=1S/C19H37N5O2/c1-6-9-23-10-7-15(8-11-23)12-21-17(20-5)22-16-13-24(14-16)18(25)26-19(2,3)4/h15-16H,6-14H2,1-5H3,(H2,20,21,22). The lowest BCUT2D eigenvalue weighted by Crippen LogP contribution is -2.63. The van der Waals surface area contributed by atoms with E-state index in [0.717, 1.165) is 12.5 Å². The van der Waals surface area contributed by atoms with Crippen LogP contribution >= 0.6 is 0 Å². The van der Waals surface area contributed by atoms with Gasteiger partial charge in [-0.1, -0.05) is 6.92 Å². The van der Waals surface area contributed by atoms with E-state index in [0.29, 0.717) is 19.0 Å². The summed E-state index contributed by atoms with van der Waals surface area (Å²) in [5, 5.41) is 6.85. The molecule has 0 unspecified atom stereocenters. The van der Waals surface area contributed by atoms with Crippen LogP contribution in [0, 0.1) is 5.92 Å². The second-order valence-corrected chi connectivity index (χ2v) is 8.46. The zero-order valence-corrected chi connectivity index (χ0v) is 17.2. The Hall–Kier alpha value is -1.50. The molecule has 0 bridgehead atoms. The van der Waals surface area contributed by atoms with Gasteiger partial charge >= 0.3 is 6.09 Å². The molecule has 0 saturated carbocycles. The number of nitrogens with one attached hydrogen (secondary N) is 2. The number of nitrogens with zero attached hydrogens (tertiary/aromatic N) is 3. The monoisotopic (exact) mass is 367 g/mol. The molecule has 2 heterocycles. The van der Waals surface area contributed by atoms with Crippen LogP contribution in [0.4, 0.5) is 4.79 Å². The van der Waals surface area contributed by atoms with E-state index in [4.69, 9.17) is 4.74 Å². The van der Waals surface area contributed by atoms with Crippen molar-refractivity contribution in [3.8, 4) is 0 Å². The molecule has 7 nitrogen and oxygen atoms in total. The molecule has 7 heteroatoms. The Kier molecular flexibility index (Phi) is 7.55. The fraction of sp³-hybridized carbons (Fsp3) is 0.895. The van der Waals surface area contributed by atoms with Crippen LogP contribution in [0.5, 0.6) is 0 Å². The van der Waals surface area contributed by atoms with Crippen molar-refractivity contribution in [2.24, 2.45) is 10.9 Å². The first-order valence-corrected chi connectivity index (χ1v) is 9.98. The average molecular weight is 368 g/mol. The minimum atomic E-state index is -0.445. The van der Waals surface area contributed by atoms with Crippen LogP contribution in [0.25, 0.3) is 0 Å². The zero-order chi connectivity index (χ0) is 19.2. The predicted octanol–water partition coefficient (Wildman–Crippen LogP) is 1.89. The molecule has 150 valence electrons. The lowest BCUT2D eigenvalue weighted by Gasteiger charge is -2.40. The molecule has 0 aromatic rings. The normalized spacial score (nSPS) is 20.7. The minimum Gasteiger partial charge on any atom is -0.444 e. The number of ether oxygens (including phenoxy) is 1. The van der Waals surface area contributed by atoms with Gasteiger partial charge in [-0.05, 0) is 65.6 Å². The van der Waals surface area contributed by atoms with Crippen molar-refractivity contribution in [1.82, 2.24) is 20.4 Å². The topological polar surface area (TPSA) is 69.2 Å². The van der Waals surface area contributed by atoms with Crippen LogP contribution in [-0.4, -0.2) is 79.8 Å². The molecule has 2 rings (SSSR count). The van der Waals surface area contributed by atoms with Crippen molar-refractivity contribution in [3.05, 3.63) is 0 Å². The molecule has 0 aromatic carbocycles. The molecule has 2 aliphatic heterocycles. The molecule has 0 spiro atoms. The summed E-state index contributed by atoms with van der Waals surface area (Å²) in [6, 6.07) is 0.236. The molecule has 2 aliphatic rings. The van der Waals surface area contributed by atoms with Crippen molar-refractivity contribution in [2.45, 2.75) is 58.6 Å². The third kappa shape index (κ3) is 6.67. The molecule has 2 saturated heterocycles. The van der Waals surface area contributed by atoms with E-state index in [9.17, 15) is 4.79 Å². The maximum atomic E-state index is 12.0. The lowest BCUT2D eigenvalue weighted by atomic mass is 9.97. The summed E-state index contributed by atoms with van der Waals surface area (Å²) in [6.07, 6.45) is 3.50. The first-order chi connectivity index (χ1) is 12.3. The zero-order valence-electron chi connectivity index (χ0n) is 17.2. The highest BCUT2D eigenvalue weighted by molar-refractivity contribution is 5.80. The highest BCUT2D eigenvalue weighted by atomic mass is 16.6. The van der Waals surface area contributed by atoms with Gasteiger partial charge in [-0.3, -0.25) is 4.99 Å². The number of amides is 1. The van der Waals surface area contributed by atoms with Crippen LogP contribution in [0.15, 0.2) is 4.99 Å². The molecule has 0 atom stereocenters. The second kappa shape index (κ2) is 9.44. The van der Waals surface area contributed by atoms with Gasteiger partial charge in [-0.25, -0.2) is 4.79 Å². The fourth-order valence-corrected chi connectivity index (χ4v) is 3.40. The van der Waals surface area contributed by atoms with Crippen molar-refractivity contribution < 1.29 is 9.53 Å². The van der Waals surface area contributed by atoms with Crippen LogP contribution in [0.3, 0.4) is 0 Å². The van der Waals surface area contributed by atoms with Gasteiger partial charge in [0.05, 0.1) is 6.04 Å². The molecule has 0 radical (unpaired) electrons.